The molecule has 34 heavy (non-hydrogen) atoms. The third-order valence-corrected chi connectivity index (χ3v) is 7.79. The van der Waals surface area contributed by atoms with Crippen LogP contribution in [-0.2, 0) is 12.8 Å². The van der Waals surface area contributed by atoms with Crippen LogP contribution in [-0.4, -0.2) is 65.8 Å². The van der Waals surface area contributed by atoms with Crippen molar-refractivity contribution in [3.05, 3.63) is 76.5 Å². The first-order valence-electron chi connectivity index (χ1n) is 11.5. The number of rotatable bonds is 7. The van der Waals surface area contributed by atoms with Crippen molar-refractivity contribution in [3.63, 3.8) is 0 Å². The molecule has 4 N–H and O–H groups in total. The molecule has 1 fully saturated rings. The number of ether oxygens (including phenoxy) is 1. The molecular weight excluding hydrogens is 452 g/mol. The Hall–Kier alpha value is -2.36. The van der Waals surface area contributed by atoms with Crippen molar-refractivity contribution >= 4 is 11.8 Å². The summed E-state index contributed by atoms with van der Waals surface area (Å²) in [6, 6.07) is 16.4. The Kier molecular flexibility index (Phi) is 7.64. The summed E-state index contributed by atoms with van der Waals surface area (Å²) in [5.41, 5.74) is 5.29. The Morgan fingerprint density at radius 3 is 2.18 bits per heavy atom. The molecule has 1 aliphatic heterocycles. The van der Waals surface area contributed by atoms with E-state index in [0.717, 1.165) is 46.3 Å². The summed E-state index contributed by atoms with van der Waals surface area (Å²) in [6.45, 7) is 5.78. The van der Waals surface area contributed by atoms with Gasteiger partial charge in [0, 0.05) is 17.7 Å². The lowest BCUT2D eigenvalue weighted by Crippen LogP contribution is -2.55. The van der Waals surface area contributed by atoms with Crippen molar-refractivity contribution in [1.29, 1.82) is 0 Å². The highest BCUT2D eigenvalue weighted by atomic mass is 32.2. The van der Waals surface area contributed by atoms with Gasteiger partial charge in [-0.3, -0.25) is 0 Å². The fourth-order valence-corrected chi connectivity index (χ4v) is 5.34. The van der Waals surface area contributed by atoms with Crippen molar-refractivity contribution in [2.45, 2.75) is 62.6 Å². The van der Waals surface area contributed by atoms with Gasteiger partial charge in [0.05, 0.1) is 23.6 Å². The van der Waals surface area contributed by atoms with E-state index in [1.165, 1.54) is 5.56 Å². The lowest BCUT2D eigenvalue weighted by Gasteiger charge is -2.38. The van der Waals surface area contributed by atoms with Crippen LogP contribution in [0.5, 0.6) is 5.88 Å². The van der Waals surface area contributed by atoms with Gasteiger partial charge in [-0.1, -0.05) is 48.9 Å². The first kappa shape index (κ1) is 24.8. The number of aliphatic hydroxyl groups excluding tert-OH is 4. The van der Waals surface area contributed by atoms with Crippen molar-refractivity contribution < 1.29 is 25.2 Å². The van der Waals surface area contributed by atoms with Gasteiger partial charge in [0.2, 0.25) is 5.88 Å². The van der Waals surface area contributed by atoms with E-state index in [4.69, 9.17) is 9.84 Å². The molecule has 1 aliphatic rings. The highest BCUT2D eigenvalue weighted by molar-refractivity contribution is 8.00. The van der Waals surface area contributed by atoms with E-state index in [2.05, 4.69) is 31.2 Å². The SMILES string of the molecule is CCc1ccc(Cc2c(O[C@@H]3S[C@H](CO)[C@@H](O)[C@H](O)[C@H]3O)nn(-c3ccc(C)cc3)c2C)cc1. The minimum absolute atomic E-state index is 0.344. The lowest BCUT2D eigenvalue weighted by molar-refractivity contribution is -0.0915. The Balaban J connectivity index is 1.70. The molecule has 0 radical (unpaired) electrons. The largest absolute Gasteiger partial charge is 0.459 e. The molecule has 7 nitrogen and oxygen atoms in total. The summed E-state index contributed by atoms with van der Waals surface area (Å²) < 4.78 is 7.99. The summed E-state index contributed by atoms with van der Waals surface area (Å²) in [5, 5.41) is 44.7. The average molecular weight is 485 g/mol. The Morgan fingerprint density at radius 1 is 0.912 bits per heavy atom. The number of nitrogens with zero attached hydrogens (tertiary/aromatic N) is 2. The third-order valence-electron chi connectivity index (χ3n) is 6.37. The van der Waals surface area contributed by atoms with Gasteiger partial charge in [-0.15, -0.1) is 16.9 Å². The van der Waals surface area contributed by atoms with Gasteiger partial charge < -0.3 is 25.2 Å². The van der Waals surface area contributed by atoms with E-state index in [-0.39, 0.29) is 6.61 Å². The van der Waals surface area contributed by atoms with Crippen LogP contribution in [0.1, 0.15) is 34.9 Å². The number of thioether (sulfide) groups is 1. The highest BCUT2D eigenvalue weighted by Gasteiger charge is 2.45. The molecule has 8 heteroatoms. The summed E-state index contributed by atoms with van der Waals surface area (Å²) in [4.78, 5) is 0. The zero-order chi connectivity index (χ0) is 24.4. The average Bonchev–Trinajstić information content (AvgIpc) is 3.15. The fraction of sp³-hybridized carbons (Fsp3) is 0.423. The van der Waals surface area contributed by atoms with Crippen LogP contribution in [0.3, 0.4) is 0 Å². The maximum absolute atomic E-state index is 10.6. The normalized spacial score (nSPS) is 24.9. The first-order chi connectivity index (χ1) is 16.3. The van der Waals surface area contributed by atoms with E-state index in [1.807, 2.05) is 42.8 Å². The van der Waals surface area contributed by atoms with Gasteiger partial charge in [0.15, 0.2) is 5.44 Å². The molecule has 1 aromatic heterocycles. The van der Waals surface area contributed by atoms with Crippen LogP contribution in [0.15, 0.2) is 48.5 Å². The minimum Gasteiger partial charge on any atom is -0.459 e. The van der Waals surface area contributed by atoms with Crippen molar-refractivity contribution in [2.75, 3.05) is 6.61 Å². The van der Waals surface area contributed by atoms with Crippen LogP contribution >= 0.6 is 11.8 Å². The Bertz CT molecular complexity index is 1100. The minimum atomic E-state index is -1.42. The molecule has 182 valence electrons. The van der Waals surface area contributed by atoms with Crippen LogP contribution < -0.4 is 4.74 Å². The maximum Gasteiger partial charge on any atom is 0.238 e. The zero-order valence-corrected chi connectivity index (χ0v) is 20.4. The second-order valence-corrected chi connectivity index (χ2v) is 10.1. The molecule has 5 atom stereocenters. The molecule has 3 aromatic rings. The van der Waals surface area contributed by atoms with Gasteiger partial charge in [-0.25, -0.2) is 4.68 Å². The van der Waals surface area contributed by atoms with Gasteiger partial charge in [-0.05, 0) is 43.5 Å². The van der Waals surface area contributed by atoms with E-state index >= 15 is 0 Å². The second kappa shape index (κ2) is 10.5. The monoisotopic (exact) mass is 484 g/mol. The molecule has 4 rings (SSSR count). The molecule has 2 heterocycles. The predicted molar refractivity (Wildman–Crippen MR) is 133 cm³/mol. The number of hydrogen-bond acceptors (Lipinski definition) is 7. The molecule has 0 saturated carbocycles. The molecule has 2 aromatic carbocycles. The summed E-state index contributed by atoms with van der Waals surface area (Å²) in [7, 11) is 0. The van der Waals surface area contributed by atoms with Crippen molar-refractivity contribution in [3.8, 4) is 11.6 Å². The van der Waals surface area contributed by atoms with Gasteiger partial charge in [-0.2, -0.15) is 0 Å². The van der Waals surface area contributed by atoms with E-state index < -0.39 is 29.0 Å². The molecule has 0 aliphatic carbocycles. The van der Waals surface area contributed by atoms with Gasteiger partial charge in [0.25, 0.3) is 0 Å². The summed E-state index contributed by atoms with van der Waals surface area (Å²) in [6.07, 6.45) is -2.44. The lowest BCUT2D eigenvalue weighted by atomic mass is 10.0. The van der Waals surface area contributed by atoms with Crippen LogP contribution in [0, 0.1) is 13.8 Å². The van der Waals surface area contributed by atoms with Crippen LogP contribution in [0.2, 0.25) is 0 Å². The predicted octanol–water partition coefficient (Wildman–Crippen LogP) is 2.54. The number of aliphatic hydroxyl groups is 4. The quantitative estimate of drug-likeness (QED) is 0.408. The Morgan fingerprint density at radius 2 is 1.56 bits per heavy atom. The molecule has 1 saturated heterocycles. The number of aromatic nitrogens is 2. The van der Waals surface area contributed by atoms with Crippen molar-refractivity contribution in [2.24, 2.45) is 0 Å². The number of aryl methyl sites for hydroxylation is 2. The third kappa shape index (κ3) is 5.01. The molecule has 0 unspecified atom stereocenters. The van der Waals surface area contributed by atoms with E-state index in [0.29, 0.717) is 12.3 Å². The second-order valence-electron chi connectivity index (χ2n) is 8.78. The Labute approximate surface area is 204 Å². The number of benzene rings is 2. The molecule has 0 bridgehead atoms. The standard InChI is InChI=1S/C26H32N2O5S/c1-4-17-7-9-18(10-8-17)13-20-16(3)28(19-11-5-15(2)6-12-19)27-25(20)33-26-24(32)23(31)22(30)21(14-29)34-26/h5-12,21-24,26,29-32H,4,13-14H2,1-3H3/t21-,22-,23+,24-,26-/m1/s1. The molecule has 0 amide bonds. The highest BCUT2D eigenvalue weighted by Crippen LogP contribution is 2.36. The molecule has 0 spiro atoms. The maximum atomic E-state index is 10.6. The van der Waals surface area contributed by atoms with Crippen LogP contribution in [0.4, 0.5) is 0 Å². The van der Waals surface area contributed by atoms with Crippen molar-refractivity contribution in [1.82, 2.24) is 9.78 Å². The topological polar surface area (TPSA) is 108 Å². The fourth-order valence-electron chi connectivity index (χ4n) is 4.12. The smallest absolute Gasteiger partial charge is 0.238 e. The zero-order valence-electron chi connectivity index (χ0n) is 19.6. The van der Waals surface area contributed by atoms with Gasteiger partial charge in [0.1, 0.15) is 12.2 Å². The van der Waals surface area contributed by atoms with E-state index in [1.54, 1.807) is 0 Å². The molecular formula is C26H32N2O5S. The van der Waals surface area contributed by atoms with Gasteiger partial charge >= 0.3 is 0 Å². The number of hydrogen-bond donors (Lipinski definition) is 4. The van der Waals surface area contributed by atoms with E-state index in [9.17, 15) is 20.4 Å². The summed E-state index contributed by atoms with van der Waals surface area (Å²) in [5.74, 6) is 0.356. The summed E-state index contributed by atoms with van der Waals surface area (Å²) >= 11 is 1.10. The van der Waals surface area contributed by atoms with Crippen LogP contribution in [0.25, 0.3) is 5.69 Å². The first-order valence-corrected chi connectivity index (χ1v) is 12.5.